The van der Waals surface area contributed by atoms with Crippen LogP contribution in [0.5, 0.6) is 0 Å². The van der Waals surface area contributed by atoms with Gasteiger partial charge in [0.15, 0.2) is 0 Å². The molecule has 1 aromatic rings. The summed E-state index contributed by atoms with van der Waals surface area (Å²) < 4.78 is 13.4. The lowest BCUT2D eigenvalue weighted by atomic mass is 10.0. The Morgan fingerprint density at radius 2 is 2.18 bits per heavy atom. The second kappa shape index (κ2) is 6.12. The van der Waals surface area contributed by atoms with E-state index < -0.39 is 6.04 Å². The van der Waals surface area contributed by atoms with Crippen LogP contribution in [0.15, 0.2) is 22.7 Å². The lowest BCUT2D eigenvalue weighted by molar-refractivity contribution is -0.117. The van der Waals surface area contributed by atoms with E-state index in [9.17, 15) is 9.18 Å². The molecule has 3 nitrogen and oxygen atoms in total. The number of anilines is 1. The molecule has 1 amide bonds. The fraction of sp³-hybridized carbons (Fsp3) is 0.417. The number of rotatable bonds is 4. The molecule has 0 fully saturated rings. The Bertz CT molecular complexity index is 409. The lowest BCUT2D eigenvalue weighted by Crippen LogP contribution is -2.36. The third-order valence-corrected chi connectivity index (χ3v) is 2.91. The molecule has 0 aliphatic heterocycles. The maximum absolute atomic E-state index is 12.8. The largest absolute Gasteiger partial charge is 0.324 e. The van der Waals surface area contributed by atoms with Gasteiger partial charge in [-0.15, -0.1) is 0 Å². The van der Waals surface area contributed by atoms with Crippen LogP contribution in [0.4, 0.5) is 10.1 Å². The minimum absolute atomic E-state index is 0.258. The van der Waals surface area contributed by atoms with Crippen molar-refractivity contribution in [3.63, 3.8) is 0 Å². The predicted molar refractivity (Wildman–Crippen MR) is 70.2 cm³/mol. The number of halogens is 2. The Morgan fingerprint density at radius 3 is 2.71 bits per heavy atom. The molecule has 1 rings (SSSR count). The molecule has 0 radical (unpaired) electrons. The van der Waals surface area contributed by atoms with Gasteiger partial charge < -0.3 is 11.1 Å². The zero-order valence-corrected chi connectivity index (χ0v) is 11.4. The number of benzene rings is 1. The highest BCUT2D eigenvalue weighted by Gasteiger charge is 2.16. The molecule has 94 valence electrons. The summed E-state index contributed by atoms with van der Waals surface area (Å²) >= 11 is 3.18. The molecule has 0 aromatic heterocycles. The van der Waals surface area contributed by atoms with E-state index in [1.54, 1.807) is 0 Å². The summed E-state index contributed by atoms with van der Waals surface area (Å²) in [6, 6.07) is 3.53. The molecule has 0 saturated heterocycles. The average Bonchev–Trinajstić information content (AvgIpc) is 2.21. The summed E-state index contributed by atoms with van der Waals surface area (Å²) in [4.78, 5) is 11.7. The van der Waals surface area contributed by atoms with Crippen molar-refractivity contribution in [2.24, 2.45) is 11.7 Å². The van der Waals surface area contributed by atoms with Gasteiger partial charge in [-0.2, -0.15) is 0 Å². The van der Waals surface area contributed by atoms with E-state index in [1.807, 2.05) is 13.8 Å². The van der Waals surface area contributed by atoms with Crippen LogP contribution in [-0.2, 0) is 4.79 Å². The highest BCUT2D eigenvalue weighted by atomic mass is 79.9. The van der Waals surface area contributed by atoms with Gasteiger partial charge in [-0.05, 0) is 46.5 Å². The van der Waals surface area contributed by atoms with Crippen molar-refractivity contribution in [1.82, 2.24) is 0 Å². The molecule has 0 aliphatic carbocycles. The highest BCUT2D eigenvalue weighted by molar-refractivity contribution is 9.10. The van der Waals surface area contributed by atoms with E-state index in [1.165, 1.54) is 18.2 Å². The number of nitrogens with one attached hydrogen (secondary N) is 1. The number of carbonyl (C=O) groups excluding carboxylic acids is 1. The van der Waals surface area contributed by atoms with E-state index in [0.29, 0.717) is 22.5 Å². The summed E-state index contributed by atoms with van der Waals surface area (Å²) in [5.74, 6) is -0.264. The maximum Gasteiger partial charge on any atom is 0.241 e. The Hall–Kier alpha value is -0.940. The van der Waals surface area contributed by atoms with Gasteiger partial charge in [-0.25, -0.2) is 4.39 Å². The zero-order valence-electron chi connectivity index (χ0n) is 9.84. The summed E-state index contributed by atoms with van der Waals surface area (Å²) in [7, 11) is 0. The zero-order chi connectivity index (χ0) is 13.0. The van der Waals surface area contributed by atoms with Crippen LogP contribution < -0.4 is 11.1 Å². The molecule has 0 saturated carbocycles. The van der Waals surface area contributed by atoms with Crippen molar-refractivity contribution < 1.29 is 9.18 Å². The molecule has 3 N–H and O–H groups in total. The van der Waals surface area contributed by atoms with Crippen LogP contribution in [0.1, 0.15) is 20.3 Å². The van der Waals surface area contributed by atoms with E-state index in [4.69, 9.17) is 5.73 Å². The molecular weight excluding hydrogens is 287 g/mol. The van der Waals surface area contributed by atoms with Gasteiger partial charge in [-0.1, -0.05) is 13.8 Å². The number of nitrogens with two attached hydrogens (primary N) is 1. The van der Waals surface area contributed by atoms with Gasteiger partial charge in [-0.3, -0.25) is 4.79 Å². The number of hydrogen-bond acceptors (Lipinski definition) is 2. The van der Waals surface area contributed by atoms with Crippen molar-refractivity contribution in [1.29, 1.82) is 0 Å². The van der Waals surface area contributed by atoms with Crippen molar-refractivity contribution in [3.8, 4) is 0 Å². The van der Waals surface area contributed by atoms with Gasteiger partial charge in [0.1, 0.15) is 5.82 Å². The first-order valence-electron chi connectivity index (χ1n) is 5.41. The predicted octanol–water partition coefficient (Wildman–Crippen LogP) is 2.90. The fourth-order valence-corrected chi connectivity index (χ4v) is 1.88. The van der Waals surface area contributed by atoms with Gasteiger partial charge >= 0.3 is 0 Å². The van der Waals surface area contributed by atoms with Crippen LogP contribution in [0.3, 0.4) is 0 Å². The van der Waals surface area contributed by atoms with Gasteiger partial charge in [0.05, 0.1) is 11.7 Å². The van der Waals surface area contributed by atoms with Gasteiger partial charge in [0.2, 0.25) is 5.91 Å². The van der Waals surface area contributed by atoms with Crippen LogP contribution in [0.2, 0.25) is 0 Å². The molecule has 1 aromatic carbocycles. The van der Waals surface area contributed by atoms with E-state index >= 15 is 0 Å². The van der Waals surface area contributed by atoms with Crippen LogP contribution in [0, 0.1) is 11.7 Å². The number of amides is 1. The molecule has 17 heavy (non-hydrogen) atoms. The fourth-order valence-electron chi connectivity index (χ4n) is 1.43. The summed E-state index contributed by atoms with van der Waals surface area (Å²) in [5.41, 5.74) is 6.27. The first-order chi connectivity index (χ1) is 7.90. The van der Waals surface area contributed by atoms with E-state index in [2.05, 4.69) is 21.2 Å². The van der Waals surface area contributed by atoms with E-state index in [0.717, 1.165) is 0 Å². The topological polar surface area (TPSA) is 55.1 Å². The first kappa shape index (κ1) is 14.1. The summed E-state index contributed by atoms with van der Waals surface area (Å²) in [5, 5.41) is 2.67. The highest BCUT2D eigenvalue weighted by Crippen LogP contribution is 2.23. The van der Waals surface area contributed by atoms with Crippen molar-refractivity contribution >= 4 is 27.5 Å². The minimum Gasteiger partial charge on any atom is -0.324 e. The van der Waals surface area contributed by atoms with Gasteiger partial charge in [0.25, 0.3) is 0 Å². The van der Waals surface area contributed by atoms with Crippen LogP contribution >= 0.6 is 15.9 Å². The molecule has 1 atom stereocenters. The smallest absolute Gasteiger partial charge is 0.241 e. The second-order valence-corrected chi connectivity index (χ2v) is 5.20. The van der Waals surface area contributed by atoms with Crippen LogP contribution in [-0.4, -0.2) is 11.9 Å². The Morgan fingerprint density at radius 1 is 1.53 bits per heavy atom. The SMILES string of the molecule is CC(C)C[C@@H](N)C(=O)Nc1ccc(F)cc1Br. The quantitative estimate of drug-likeness (QED) is 0.898. The summed E-state index contributed by atoms with van der Waals surface area (Å²) in [6.07, 6.45) is 0.616. The Kier molecular flexibility index (Phi) is 5.08. The summed E-state index contributed by atoms with van der Waals surface area (Å²) in [6.45, 7) is 4.00. The van der Waals surface area contributed by atoms with Crippen LogP contribution in [0.25, 0.3) is 0 Å². The standard InChI is InChI=1S/C12H16BrFN2O/c1-7(2)5-10(15)12(17)16-11-4-3-8(14)6-9(11)13/h3-4,6-7,10H,5,15H2,1-2H3,(H,16,17)/t10-/m1/s1. The Labute approximate surface area is 109 Å². The minimum atomic E-state index is -0.549. The van der Waals surface area contributed by atoms with Gasteiger partial charge in [0, 0.05) is 4.47 Å². The van der Waals surface area contributed by atoms with Crippen molar-refractivity contribution in [2.75, 3.05) is 5.32 Å². The molecule has 0 heterocycles. The number of hydrogen-bond donors (Lipinski definition) is 2. The molecule has 5 heteroatoms. The van der Waals surface area contributed by atoms with Crippen molar-refractivity contribution in [2.45, 2.75) is 26.3 Å². The third-order valence-electron chi connectivity index (χ3n) is 2.25. The second-order valence-electron chi connectivity index (χ2n) is 4.35. The lowest BCUT2D eigenvalue weighted by Gasteiger charge is -2.14. The average molecular weight is 303 g/mol. The third kappa shape index (κ3) is 4.44. The molecule has 0 bridgehead atoms. The number of carbonyl (C=O) groups is 1. The first-order valence-corrected chi connectivity index (χ1v) is 6.21. The Balaban J connectivity index is 2.67. The molecular formula is C12H16BrFN2O. The molecule has 0 aliphatic rings. The monoisotopic (exact) mass is 302 g/mol. The normalized spacial score (nSPS) is 12.6. The molecule has 0 unspecified atom stereocenters. The van der Waals surface area contributed by atoms with Crippen molar-refractivity contribution in [3.05, 3.63) is 28.5 Å². The van der Waals surface area contributed by atoms with E-state index in [-0.39, 0.29) is 11.7 Å². The maximum atomic E-state index is 12.8. The molecule has 0 spiro atoms.